The average molecular weight is 331 g/mol. The molecule has 0 spiro atoms. The molecule has 0 saturated carbocycles. The van der Waals surface area contributed by atoms with Crippen molar-refractivity contribution in [2.75, 3.05) is 10.6 Å². The average Bonchev–Trinajstić information content (AvgIpc) is 2.64. The van der Waals surface area contributed by atoms with Gasteiger partial charge in [0.25, 0.3) is 0 Å². The summed E-state index contributed by atoms with van der Waals surface area (Å²) in [6, 6.07) is 19.7. The molecule has 1 amide bonds. The number of rotatable bonds is 6. The molecule has 0 aliphatic carbocycles. The van der Waals surface area contributed by atoms with Crippen LogP contribution in [0.5, 0.6) is 0 Å². The van der Waals surface area contributed by atoms with Crippen molar-refractivity contribution in [3.63, 3.8) is 0 Å². The normalized spacial score (nSPS) is 10.3. The third-order valence-corrected chi connectivity index (χ3v) is 3.90. The SMILES string of the molecule is Cc1ccc(CC(=O)Nc2ccc(NCc3ccncc3)cc2)cc1. The van der Waals surface area contributed by atoms with E-state index in [1.54, 1.807) is 12.4 Å². The highest BCUT2D eigenvalue weighted by Gasteiger charge is 2.04. The Morgan fingerprint density at radius 1 is 0.840 bits per heavy atom. The van der Waals surface area contributed by atoms with Crippen molar-refractivity contribution >= 4 is 17.3 Å². The minimum absolute atomic E-state index is 0.0126. The summed E-state index contributed by atoms with van der Waals surface area (Å²) in [5, 5.41) is 6.28. The highest BCUT2D eigenvalue weighted by Crippen LogP contribution is 2.15. The van der Waals surface area contributed by atoms with Gasteiger partial charge >= 0.3 is 0 Å². The highest BCUT2D eigenvalue weighted by atomic mass is 16.1. The van der Waals surface area contributed by atoms with E-state index in [4.69, 9.17) is 0 Å². The van der Waals surface area contributed by atoms with Gasteiger partial charge in [-0.1, -0.05) is 29.8 Å². The molecule has 126 valence electrons. The van der Waals surface area contributed by atoms with Gasteiger partial charge in [0.1, 0.15) is 0 Å². The lowest BCUT2D eigenvalue weighted by Gasteiger charge is -2.09. The summed E-state index contributed by atoms with van der Waals surface area (Å²) < 4.78 is 0. The lowest BCUT2D eigenvalue weighted by molar-refractivity contribution is -0.115. The van der Waals surface area contributed by atoms with Crippen LogP contribution in [0.4, 0.5) is 11.4 Å². The van der Waals surface area contributed by atoms with Crippen molar-refractivity contribution in [1.82, 2.24) is 4.98 Å². The van der Waals surface area contributed by atoms with Crippen molar-refractivity contribution < 1.29 is 4.79 Å². The minimum Gasteiger partial charge on any atom is -0.381 e. The number of nitrogens with one attached hydrogen (secondary N) is 2. The van der Waals surface area contributed by atoms with Gasteiger partial charge < -0.3 is 10.6 Å². The molecule has 0 radical (unpaired) electrons. The van der Waals surface area contributed by atoms with Crippen molar-refractivity contribution in [3.05, 3.63) is 89.7 Å². The number of nitrogens with zero attached hydrogens (tertiary/aromatic N) is 1. The van der Waals surface area contributed by atoms with Gasteiger partial charge in [-0.25, -0.2) is 0 Å². The Bertz CT molecular complexity index is 812. The topological polar surface area (TPSA) is 54.0 Å². The van der Waals surface area contributed by atoms with Gasteiger partial charge in [-0.15, -0.1) is 0 Å². The van der Waals surface area contributed by atoms with E-state index < -0.39 is 0 Å². The second-order valence-corrected chi connectivity index (χ2v) is 6.00. The van der Waals surface area contributed by atoms with Gasteiger partial charge in [-0.3, -0.25) is 9.78 Å². The summed E-state index contributed by atoms with van der Waals surface area (Å²) in [5.41, 5.74) is 5.18. The molecule has 2 N–H and O–H groups in total. The van der Waals surface area contributed by atoms with Crippen molar-refractivity contribution in [1.29, 1.82) is 0 Å². The summed E-state index contributed by atoms with van der Waals surface area (Å²) in [7, 11) is 0. The maximum atomic E-state index is 12.1. The van der Waals surface area contributed by atoms with Gasteiger partial charge in [0.2, 0.25) is 5.91 Å². The van der Waals surface area contributed by atoms with Gasteiger partial charge in [-0.05, 0) is 54.4 Å². The van der Waals surface area contributed by atoms with Crippen LogP contribution in [0.25, 0.3) is 0 Å². The lowest BCUT2D eigenvalue weighted by atomic mass is 10.1. The van der Waals surface area contributed by atoms with Crippen LogP contribution in [0.15, 0.2) is 73.1 Å². The third kappa shape index (κ3) is 5.18. The monoisotopic (exact) mass is 331 g/mol. The Kier molecular flexibility index (Phi) is 5.42. The first-order valence-corrected chi connectivity index (χ1v) is 8.27. The number of pyridine rings is 1. The van der Waals surface area contributed by atoms with Crippen LogP contribution in [-0.4, -0.2) is 10.9 Å². The Morgan fingerprint density at radius 3 is 2.16 bits per heavy atom. The molecule has 0 saturated heterocycles. The van der Waals surface area contributed by atoms with Crippen LogP contribution in [0.3, 0.4) is 0 Å². The number of hydrogen-bond acceptors (Lipinski definition) is 3. The molecule has 0 atom stereocenters. The van der Waals surface area contributed by atoms with Gasteiger partial charge in [0.05, 0.1) is 6.42 Å². The Labute approximate surface area is 147 Å². The molecule has 4 heteroatoms. The maximum absolute atomic E-state index is 12.1. The van der Waals surface area contributed by atoms with Gasteiger partial charge in [0, 0.05) is 30.3 Å². The molecule has 0 aliphatic heterocycles. The van der Waals surface area contributed by atoms with Crippen LogP contribution in [-0.2, 0) is 17.8 Å². The molecular formula is C21H21N3O. The number of carbonyl (C=O) groups is 1. The fourth-order valence-corrected chi connectivity index (χ4v) is 2.47. The van der Waals surface area contributed by atoms with Crippen molar-refractivity contribution in [2.45, 2.75) is 19.9 Å². The van der Waals surface area contributed by atoms with E-state index in [2.05, 4.69) is 15.6 Å². The number of aromatic nitrogens is 1. The Balaban J connectivity index is 1.51. The second-order valence-electron chi connectivity index (χ2n) is 6.00. The number of aryl methyl sites for hydroxylation is 1. The summed E-state index contributed by atoms with van der Waals surface area (Å²) >= 11 is 0. The molecule has 3 aromatic rings. The molecule has 0 fully saturated rings. The summed E-state index contributed by atoms with van der Waals surface area (Å²) in [4.78, 5) is 16.1. The van der Waals surface area contributed by atoms with E-state index in [-0.39, 0.29) is 5.91 Å². The molecule has 3 rings (SSSR count). The third-order valence-electron chi connectivity index (χ3n) is 3.90. The molecule has 0 unspecified atom stereocenters. The molecule has 25 heavy (non-hydrogen) atoms. The predicted molar refractivity (Wildman–Crippen MR) is 102 cm³/mol. The van der Waals surface area contributed by atoms with Crippen LogP contribution in [0, 0.1) is 6.92 Å². The number of hydrogen-bond donors (Lipinski definition) is 2. The van der Waals surface area contributed by atoms with Gasteiger partial charge in [0.15, 0.2) is 0 Å². The van der Waals surface area contributed by atoms with Crippen molar-refractivity contribution in [3.8, 4) is 0 Å². The first kappa shape index (κ1) is 16.7. The number of amides is 1. The molecule has 4 nitrogen and oxygen atoms in total. The van der Waals surface area contributed by atoms with E-state index in [1.165, 1.54) is 11.1 Å². The summed E-state index contributed by atoms with van der Waals surface area (Å²) in [6.07, 6.45) is 3.94. The summed E-state index contributed by atoms with van der Waals surface area (Å²) in [6.45, 7) is 2.77. The lowest BCUT2D eigenvalue weighted by Crippen LogP contribution is -2.14. The molecule has 1 heterocycles. The Hall–Kier alpha value is -3.14. The molecule has 2 aromatic carbocycles. The highest BCUT2D eigenvalue weighted by molar-refractivity contribution is 5.92. The smallest absolute Gasteiger partial charge is 0.228 e. The van der Waals surface area contributed by atoms with E-state index in [9.17, 15) is 4.79 Å². The minimum atomic E-state index is -0.0126. The van der Waals surface area contributed by atoms with E-state index in [0.717, 1.165) is 23.5 Å². The van der Waals surface area contributed by atoms with Crippen LogP contribution in [0.1, 0.15) is 16.7 Å². The maximum Gasteiger partial charge on any atom is 0.228 e. The van der Waals surface area contributed by atoms with E-state index in [1.807, 2.05) is 67.6 Å². The van der Waals surface area contributed by atoms with Gasteiger partial charge in [-0.2, -0.15) is 0 Å². The van der Waals surface area contributed by atoms with Crippen molar-refractivity contribution in [2.24, 2.45) is 0 Å². The Morgan fingerprint density at radius 2 is 1.48 bits per heavy atom. The van der Waals surface area contributed by atoms with E-state index in [0.29, 0.717) is 6.42 Å². The fraction of sp³-hybridized carbons (Fsp3) is 0.143. The largest absolute Gasteiger partial charge is 0.381 e. The van der Waals surface area contributed by atoms with Crippen LogP contribution < -0.4 is 10.6 Å². The zero-order valence-electron chi connectivity index (χ0n) is 14.2. The zero-order chi connectivity index (χ0) is 17.5. The summed E-state index contributed by atoms with van der Waals surface area (Å²) in [5.74, 6) is -0.0126. The van der Waals surface area contributed by atoms with E-state index >= 15 is 0 Å². The zero-order valence-corrected chi connectivity index (χ0v) is 14.2. The fourth-order valence-electron chi connectivity index (χ4n) is 2.47. The molecule has 0 bridgehead atoms. The molecule has 0 aliphatic rings. The number of anilines is 2. The quantitative estimate of drug-likeness (QED) is 0.712. The first-order valence-electron chi connectivity index (χ1n) is 8.27. The number of carbonyl (C=O) groups excluding carboxylic acids is 1. The standard InChI is InChI=1S/C21H21N3O/c1-16-2-4-17(5-3-16)14-21(25)24-20-8-6-19(7-9-20)23-15-18-10-12-22-13-11-18/h2-13,23H,14-15H2,1H3,(H,24,25). The van der Waals surface area contributed by atoms with Crippen LogP contribution in [0.2, 0.25) is 0 Å². The number of benzene rings is 2. The molecular weight excluding hydrogens is 310 g/mol. The predicted octanol–water partition coefficient (Wildman–Crippen LogP) is 4.18. The molecule has 1 aromatic heterocycles. The van der Waals surface area contributed by atoms with Crippen LogP contribution >= 0.6 is 0 Å². The second kappa shape index (κ2) is 8.11. The first-order chi connectivity index (χ1) is 12.2.